The molecule has 0 aliphatic carbocycles. The number of fused-ring (bicyclic) bond motifs is 1. The molecule has 0 fully saturated rings. The van der Waals surface area contributed by atoms with Crippen LogP contribution >= 0.6 is 0 Å². The van der Waals surface area contributed by atoms with Crippen LogP contribution in [0.15, 0.2) is 73.4 Å². The van der Waals surface area contributed by atoms with Crippen molar-refractivity contribution < 1.29 is 0 Å². The lowest BCUT2D eigenvalue weighted by molar-refractivity contribution is 0.687. The van der Waals surface area contributed by atoms with Gasteiger partial charge in [-0.15, -0.1) is 0 Å². The van der Waals surface area contributed by atoms with Crippen molar-refractivity contribution in [1.82, 2.24) is 29.9 Å². The van der Waals surface area contributed by atoms with Crippen LogP contribution in [-0.4, -0.2) is 29.9 Å². The molecule has 7 heteroatoms. The normalized spacial score (nSPS) is 11.1. The van der Waals surface area contributed by atoms with E-state index in [0.717, 1.165) is 40.2 Å². The Hall–Kier alpha value is -3.87. The lowest BCUT2D eigenvalue weighted by Gasteiger charge is -2.07. The first kappa shape index (κ1) is 15.4. The second kappa shape index (κ2) is 6.45. The van der Waals surface area contributed by atoms with Crippen molar-refractivity contribution >= 4 is 22.4 Å². The molecule has 4 heterocycles. The molecule has 0 spiro atoms. The van der Waals surface area contributed by atoms with Gasteiger partial charge in [-0.25, -0.2) is 4.98 Å². The third-order valence-electron chi connectivity index (χ3n) is 4.44. The first-order valence-corrected chi connectivity index (χ1v) is 8.65. The highest BCUT2D eigenvalue weighted by Gasteiger charge is 2.06. The monoisotopic (exact) mass is 355 g/mol. The van der Waals surface area contributed by atoms with Gasteiger partial charge in [-0.05, 0) is 29.8 Å². The summed E-state index contributed by atoms with van der Waals surface area (Å²) in [5.41, 5.74) is 5.25. The van der Waals surface area contributed by atoms with Gasteiger partial charge < -0.3 is 10.3 Å². The van der Waals surface area contributed by atoms with Crippen molar-refractivity contribution in [2.45, 2.75) is 6.54 Å². The minimum atomic E-state index is 0.761. The Morgan fingerprint density at radius 2 is 2.00 bits per heavy atom. The van der Waals surface area contributed by atoms with E-state index in [1.807, 2.05) is 35.4 Å². The zero-order valence-corrected chi connectivity index (χ0v) is 14.4. The molecule has 3 N–H and O–H groups in total. The molecule has 27 heavy (non-hydrogen) atoms. The van der Waals surface area contributed by atoms with Gasteiger partial charge in [0.2, 0.25) is 0 Å². The van der Waals surface area contributed by atoms with Crippen molar-refractivity contribution in [3.63, 3.8) is 0 Å². The molecule has 0 radical (unpaired) electrons. The summed E-state index contributed by atoms with van der Waals surface area (Å²) in [5.74, 6) is 0.794. The molecule has 0 bridgehead atoms. The molecule has 5 rings (SSSR count). The Balaban J connectivity index is 1.34. The number of anilines is 2. The van der Waals surface area contributed by atoms with Gasteiger partial charge in [0, 0.05) is 53.2 Å². The van der Waals surface area contributed by atoms with Gasteiger partial charge in [0.1, 0.15) is 5.82 Å². The van der Waals surface area contributed by atoms with E-state index in [-0.39, 0.29) is 0 Å². The highest BCUT2D eigenvalue weighted by atomic mass is 15.3. The smallest absolute Gasteiger partial charge is 0.132 e. The van der Waals surface area contributed by atoms with Gasteiger partial charge in [0.15, 0.2) is 0 Å². The minimum Gasteiger partial charge on any atom is -0.354 e. The molecular formula is C20H17N7. The SMILES string of the molecule is c1cnn(Cc2ccc(Nc3cc4[nH]c(-c5cn[nH]c5)cc4cn3)cc2)c1. The molecule has 0 atom stereocenters. The van der Waals surface area contributed by atoms with Gasteiger partial charge >= 0.3 is 0 Å². The van der Waals surface area contributed by atoms with E-state index in [1.54, 1.807) is 12.4 Å². The summed E-state index contributed by atoms with van der Waals surface area (Å²) in [7, 11) is 0. The van der Waals surface area contributed by atoms with Crippen LogP contribution < -0.4 is 5.32 Å². The molecule has 5 aromatic rings. The number of H-pyrrole nitrogens is 2. The summed E-state index contributed by atoms with van der Waals surface area (Å²) in [6, 6.07) is 14.3. The second-order valence-corrected chi connectivity index (χ2v) is 6.35. The first-order chi connectivity index (χ1) is 13.3. The number of rotatable bonds is 5. The lowest BCUT2D eigenvalue weighted by atomic mass is 10.2. The molecule has 0 unspecified atom stereocenters. The molecule has 4 aromatic heterocycles. The molecule has 132 valence electrons. The molecule has 0 amide bonds. The Kier molecular flexibility index (Phi) is 3.68. The van der Waals surface area contributed by atoms with E-state index in [9.17, 15) is 0 Å². The maximum absolute atomic E-state index is 4.51. The fraction of sp³-hybridized carbons (Fsp3) is 0.0500. The van der Waals surface area contributed by atoms with E-state index in [0.29, 0.717) is 0 Å². The van der Waals surface area contributed by atoms with Crippen molar-refractivity contribution in [1.29, 1.82) is 0 Å². The molecule has 7 nitrogen and oxygen atoms in total. The number of hydrogen-bond acceptors (Lipinski definition) is 4. The van der Waals surface area contributed by atoms with Crippen LogP contribution in [-0.2, 0) is 6.54 Å². The second-order valence-electron chi connectivity index (χ2n) is 6.35. The van der Waals surface area contributed by atoms with E-state index in [4.69, 9.17) is 0 Å². The van der Waals surface area contributed by atoms with E-state index in [1.165, 1.54) is 5.56 Å². The van der Waals surface area contributed by atoms with Crippen LogP contribution in [0.1, 0.15) is 5.56 Å². The Labute approximate surface area is 155 Å². The molecular weight excluding hydrogens is 338 g/mol. The average molecular weight is 355 g/mol. The number of pyridine rings is 1. The first-order valence-electron chi connectivity index (χ1n) is 8.65. The lowest BCUT2D eigenvalue weighted by Crippen LogP contribution is -2.00. The van der Waals surface area contributed by atoms with Crippen molar-refractivity contribution in [3.05, 3.63) is 79.0 Å². The van der Waals surface area contributed by atoms with Crippen LogP contribution in [0.3, 0.4) is 0 Å². The van der Waals surface area contributed by atoms with Crippen molar-refractivity contribution in [2.24, 2.45) is 0 Å². The summed E-state index contributed by atoms with van der Waals surface area (Å²) < 4.78 is 1.90. The summed E-state index contributed by atoms with van der Waals surface area (Å²) in [5, 5.41) is 15.5. The van der Waals surface area contributed by atoms with Crippen LogP contribution in [0.5, 0.6) is 0 Å². The molecule has 0 saturated heterocycles. The van der Waals surface area contributed by atoms with E-state index in [2.05, 4.69) is 60.9 Å². The van der Waals surface area contributed by atoms with Crippen LogP contribution in [0.4, 0.5) is 11.5 Å². The maximum atomic E-state index is 4.51. The third kappa shape index (κ3) is 3.18. The van der Waals surface area contributed by atoms with Crippen molar-refractivity contribution in [2.75, 3.05) is 5.32 Å². The van der Waals surface area contributed by atoms with Gasteiger partial charge in [-0.3, -0.25) is 9.78 Å². The molecule has 1 aromatic carbocycles. The zero-order chi connectivity index (χ0) is 18.1. The predicted molar refractivity (Wildman–Crippen MR) is 105 cm³/mol. The van der Waals surface area contributed by atoms with Gasteiger partial charge in [-0.2, -0.15) is 10.2 Å². The Morgan fingerprint density at radius 3 is 2.78 bits per heavy atom. The summed E-state index contributed by atoms with van der Waals surface area (Å²) in [4.78, 5) is 7.92. The van der Waals surface area contributed by atoms with E-state index >= 15 is 0 Å². The topological polar surface area (TPSA) is 87.2 Å². The van der Waals surface area contributed by atoms with Gasteiger partial charge in [0.25, 0.3) is 0 Å². The minimum absolute atomic E-state index is 0.761. The molecule has 0 aliphatic rings. The number of aromatic nitrogens is 6. The molecule has 0 aliphatic heterocycles. The third-order valence-corrected chi connectivity index (χ3v) is 4.44. The summed E-state index contributed by atoms with van der Waals surface area (Å²) >= 11 is 0. The quantitative estimate of drug-likeness (QED) is 0.446. The predicted octanol–water partition coefficient (Wildman–Crippen LogP) is 3.94. The number of benzene rings is 1. The summed E-state index contributed by atoms with van der Waals surface area (Å²) in [6.07, 6.45) is 9.27. The number of aromatic amines is 2. The average Bonchev–Trinajstić information content (AvgIpc) is 3.44. The van der Waals surface area contributed by atoms with Crippen LogP contribution in [0.2, 0.25) is 0 Å². The Bertz CT molecular complexity index is 1150. The standard InChI is InChI=1S/C20H17N7/c1-6-24-27(7-1)13-14-2-4-17(5-3-14)25-20-9-19-15(10-21-20)8-18(26-19)16-11-22-23-12-16/h1-12,26H,13H2,(H,21,25)(H,22,23). The fourth-order valence-corrected chi connectivity index (χ4v) is 3.07. The summed E-state index contributed by atoms with van der Waals surface area (Å²) in [6.45, 7) is 0.761. The van der Waals surface area contributed by atoms with Gasteiger partial charge in [0.05, 0.1) is 18.3 Å². The maximum Gasteiger partial charge on any atom is 0.132 e. The fourth-order valence-electron chi connectivity index (χ4n) is 3.07. The number of nitrogens with zero attached hydrogens (tertiary/aromatic N) is 4. The van der Waals surface area contributed by atoms with Crippen molar-refractivity contribution in [3.8, 4) is 11.3 Å². The zero-order valence-electron chi connectivity index (χ0n) is 14.4. The number of nitrogens with one attached hydrogen (secondary N) is 3. The molecule has 0 saturated carbocycles. The highest BCUT2D eigenvalue weighted by Crippen LogP contribution is 2.25. The Morgan fingerprint density at radius 1 is 1.07 bits per heavy atom. The highest BCUT2D eigenvalue weighted by molar-refractivity contribution is 5.87. The largest absolute Gasteiger partial charge is 0.354 e. The van der Waals surface area contributed by atoms with E-state index < -0.39 is 0 Å². The van der Waals surface area contributed by atoms with Crippen LogP contribution in [0.25, 0.3) is 22.2 Å². The van der Waals surface area contributed by atoms with Gasteiger partial charge in [-0.1, -0.05) is 12.1 Å². The number of hydrogen-bond donors (Lipinski definition) is 3. The van der Waals surface area contributed by atoms with Crippen LogP contribution in [0, 0.1) is 0 Å².